The van der Waals surface area contributed by atoms with Crippen LogP contribution in [0.2, 0.25) is 0 Å². The SMILES string of the molecule is O=C(Cn1c(=O)oc2cc([N+](=O)[O-])ccc21)c1ccccc1. The number of ketones is 1. The van der Waals surface area contributed by atoms with Crippen molar-refractivity contribution in [3.8, 4) is 0 Å². The van der Waals surface area contributed by atoms with Crippen LogP contribution in [0.4, 0.5) is 5.69 Å². The van der Waals surface area contributed by atoms with Gasteiger partial charge < -0.3 is 4.42 Å². The predicted molar refractivity (Wildman–Crippen MR) is 77.9 cm³/mol. The number of oxazole rings is 1. The molecule has 0 aliphatic rings. The minimum absolute atomic E-state index is 0.0834. The second-order valence-electron chi connectivity index (χ2n) is 4.65. The summed E-state index contributed by atoms with van der Waals surface area (Å²) in [7, 11) is 0. The fraction of sp³-hybridized carbons (Fsp3) is 0.0667. The number of fused-ring (bicyclic) bond motifs is 1. The second-order valence-corrected chi connectivity index (χ2v) is 4.65. The number of nitro benzene ring substituents is 1. The third kappa shape index (κ3) is 2.39. The highest BCUT2D eigenvalue weighted by atomic mass is 16.6. The molecule has 0 unspecified atom stereocenters. The molecule has 0 saturated carbocycles. The Kier molecular flexibility index (Phi) is 3.30. The summed E-state index contributed by atoms with van der Waals surface area (Å²) < 4.78 is 6.14. The van der Waals surface area contributed by atoms with Gasteiger partial charge in [0.1, 0.15) is 0 Å². The largest absolute Gasteiger partial charge is 0.420 e. The number of nitro groups is 1. The number of Topliss-reactive ketones (excluding diaryl/α,β-unsaturated/α-hetero) is 1. The molecule has 0 amide bonds. The highest BCUT2D eigenvalue weighted by molar-refractivity contribution is 5.96. The fourth-order valence-electron chi connectivity index (χ4n) is 2.18. The zero-order valence-electron chi connectivity index (χ0n) is 11.3. The van der Waals surface area contributed by atoms with Crippen LogP contribution in [0.3, 0.4) is 0 Å². The molecule has 3 rings (SSSR count). The van der Waals surface area contributed by atoms with Crippen LogP contribution in [0.25, 0.3) is 11.1 Å². The molecule has 7 nitrogen and oxygen atoms in total. The monoisotopic (exact) mass is 298 g/mol. The van der Waals surface area contributed by atoms with Crippen LogP contribution >= 0.6 is 0 Å². The van der Waals surface area contributed by atoms with Crippen LogP contribution in [-0.4, -0.2) is 15.3 Å². The number of carbonyl (C=O) groups is 1. The highest BCUT2D eigenvalue weighted by Gasteiger charge is 2.16. The quantitative estimate of drug-likeness (QED) is 0.418. The van der Waals surface area contributed by atoms with E-state index in [4.69, 9.17) is 4.42 Å². The number of carbonyl (C=O) groups excluding carboxylic acids is 1. The average molecular weight is 298 g/mol. The smallest absolute Gasteiger partial charge is 0.407 e. The number of non-ortho nitro benzene ring substituents is 1. The molecule has 2 aromatic carbocycles. The number of nitrogens with zero attached hydrogens (tertiary/aromatic N) is 2. The van der Waals surface area contributed by atoms with Gasteiger partial charge in [-0.1, -0.05) is 30.3 Å². The van der Waals surface area contributed by atoms with Crippen LogP contribution in [0, 0.1) is 10.1 Å². The lowest BCUT2D eigenvalue weighted by molar-refractivity contribution is -0.384. The molecule has 0 saturated heterocycles. The summed E-state index contributed by atoms with van der Waals surface area (Å²) in [5.74, 6) is -0.969. The molecule has 7 heteroatoms. The van der Waals surface area contributed by atoms with Gasteiger partial charge in [0.15, 0.2) is 11.4 Å². The molecule has 1 heterocycles. The number of aromatic nitrogens is 1. The molecule has 22 heavy (non-hydrogen) atoms. The van der Waals surface area contributed by atoms with E-state index in [0.717, 1.165) is 4.57 Å². The maximum atomic E-state index is 12.2. The third-order valence-electron chi connectivity index (χ3n) is 3.26. The normalized spacial score (nSPS) is 10.7. The topological polar surface area (TPSA) is 95.3 Å². The minimum atomic E-state index is -0.722. The molecule has 0 N–H and O–H groups in total. The lowest BCUT2D eigenvalue weighted by Gasteiger charge is -2.02. The number of rotatable bonds is 4. The summed E-state index contributed by atoms with van der Waals surface area (Å²) in [6.45, 7) is -0.187. The van der Waals surface area contributed by atoms with E-state index in [-0.39, 0.29) is 23.6 Å². The number of hydrogen-bond acceptors (Lipinski definition) is 5. The van der Waals surface area contributed by atoms with Gasteiger partial charge in [-0.2, -0.15) is 0 Å². The molecule has 0 radical (unpaired) electrons. The van der Waals surface area contributed by atoms with Crippen molar-refractivity contribution < 1.29 is 14.1 Å². The van der Waals surface area contributed by atoms with Crippen LogP contribution in [0.15, 0.2) is 57.7 Å². The zero-order chi connectivity index (χ0) is 15.7. The Morgan fingerprint density at radius 1 is 1.18 bits per heavy atom. The van der Waals surface area contributed by atoms with E-state index in [1.54, 1.807) is 30.3 Å². The molecular weight excluding hydrogens is 288 g/mol. The van der Waals surface area contributed by atoms with Crippen LogP contribution in [0.1, 0.15) is 10.4 Å². The molecule has 0 spiro atoms. The molecule has 0 fully saturated rings. The van der Waals surface area contributed by atoms with Crippen molar-refractivity contribution in [3.63, 3.8) is 0 Å². The Bertz CT molecular complexity index is 924. The van der Waals surface area contributed by atoms with E-state index in [0.29, 0.717) is 11.1 Å². The molecular formula is C15H10N2O5. The fourth-order valence-corrected chi connectivity index (χ4v) is 2.18. The zero-order valence-corrected chi connectivity index (χ0v) is 11.3. The molecule has 110 valence electrons. The van der Waals surface area contributed by atoms with E-state index in [9.17, 15) is 19.7 Å². The van der Waals surface area contributed by atoms with Crippen LogP contribution in [-0.2, 0) is 6.54 Å². The summed E-state index contributed by atoms with van der Waals surface area (Å²) in [5.41, 5.74) is 0.730. The van der Waals surface area contributed by atoms with E-state index in [2.05, 4.69) is 0 Å². The standard InChI is InChI=1S/C15H10N2O5/c18-13(10-4-2-1-3-5-10)9-16-12-7-6-11(17(20)21)8-14(12)22-15(16)19/h1-8H,9H2. The van der Waals surface area contributed by atoms with Gasteiger partial charge in [0.2, 0.25) is 0 Å². The van der Waals surface area contributed by atoms with Crippen molar-refractivity contribution in [3.05, 3.63) is 74.8 Å². The van der Waals surface area contributed by atoms with Crippen LogP contribution < -0.4 is 5.76 Å². The number of hydrogen-bond donors (Lipinski definition) is 0. The van der Waals surface area contributed by atoms with Crippen molar-refractivity contribution in [1.82, 2.24) is 4.57 Å². The maximum Gasteiger partial charge on any atom is 0.420 e. The van der Waals surface area contributed by atoms with Gasteiger partial charge in [-0.25, -0.2) is 4.79 Å². The van der Waals surface area contributed by atoms with Gasteiger partial charge in [-0.3, -0.25) is 19.5 Å². The highest BCUT2D eigenvalue weighted by Crippen LogP contribution is 2.20. The first-order valence-corrected chi connectivity index (χ1v) is 6.42. The van der Waals surface area contributed by atoms with E-state index in [1.807, 2.05) is 0 Å². The molecule has 3 aromatic rings. The Balaban J connectivity index is 2.01. The van der Waals surface area contributed by atoms with Gasteiger partial charge in [0.25, 0.3) is 5.69 Å². The first kappa shape index (κ1) is 13.7. The summed E-state index contributed by atoms with van der Waals surface area (Å²) >= 11 is 0. The van der Waals surface area contributed by atoms with Gasteiger partial charge >= 0.3 is 5.76 Å². The molecule has 0 aliphatic carbocycles. The molecule has 1 aromatic heterocycles. The lowest BCUT2D eigenvalue weighted by Crippen LogP contribution is -2.20. The molecule has 0 bridgehead atoms. The van der Waals surface area contributed by atoms with Gasteiger partial charge in [-0.15, -0.1) is 0 Å². The van der Waals surface area contributed by atoms with Crippen molar-refractivity contribution in [1.29, 1.82) is 0 Å². The van der Waals surface area contributed by atoms with Crippen molar-refractivity contribution in [2.75, 3.05) is 0 Å². The predicted octanol–water partition coefficient (Wildman–Crippen LogP) is 2.39. The number of benzene rings is 2. The van der Waals surface area contributed by atoms with Crippen molar-refractivity contribution >= 4 is 22.6 Å². The van der Waals surface area contributed by atoms with Crippen molar-refractivity contribution in [2.45, 2.75) is 6.54 Å². The van der Waals surface area contributed by atoms with Gasteiger partial charge in [-0.05, 0) is 6.07 Å². The third-order valence-corrected chi connectivity index (χ3v) is 3.26. The Morgan fingerprint density at radius 3 is 2.59 bits per heavy atom. The second kappa shape index (κ2) is 5.28. The van der Waals surface area contributed by atoms with Gasteiger partial charge in [0.05, 0.1) is 23.1 Å². The Morgan fingerprint density at radius 2 is 1.91 bits per heavy atom. The van der Waals surface area contributed by atoms with Crippen molar-refractivity contribution in [2.24, 2.45) is 0 Å². The van der Waals surface area contributed by atoms with E-state index in [1.165, 1.54) is 18.2 Å². The Hall–Kier alpha value is -3.22. The van der Waals surface area contributed by atoms with Gasteiger partial charge in [0, 0.05) is 11.6 Å². The summed E-state index contributed by atoms with van der Waals surface area (Å²) in [4.78, 5) is 34.2. The van der Waals surface area contributed by atoms with E-state index >= 15 is 0 Å². The first-order chi connectivity index (χ1) is 10.6. The first-order valence-electron chi connectivity index (χ1n) is 6.42. The summed E-state index contributed by atoms with van der Waals surface area (Å²) in [6, 6.07) is 12.4. The van der Waals surface area contributed by atoms with E-state index < -0.39 is 10.7 Å². The molecule has 0 aliphatic heterocycles. The minimum Gasteiger partial charge on any atom is -0.407 e. The molecule has 0 atom stereocenters. The average Bonchev–Trinajstić information content (AvgIpc) is 2.83. The lowest BCUT2D eigenvalue weighted by atomic mass is 10.1. The summed E-state index contributed by atoms with van der Waals surface area (Å²) in [6.07, 6.45) is 0. The Labute approximate surface area is 123 Å². The summed E-state index contributed by atoms with van der Waals surface area (Å²) in [5, 5.41) is 10.7. The van der Waals surface area contributed by atoms with Crippen LogP contribution in [0.5, 0.6) is 0 Å². The maximum absolute atomic E-state index is 12.2.